The van der Waals surface area contributed by atoms with Gasteiger partial charge >= 0.3 is 0 Å². The molecule has 0 unspecified atom stereocenters. The van der Waals surface area contributed by atoms with Gasteiger partial charge in [-0.1, -0.05) is 31.8 Å². The summed E-state index contributed by atoms with van der Waals surface area (Å²) in [6.45, 7) is 9.39. The molecule has 0 aromatic carbocycles. The molecule has 1 atom stereocenters. The number of hydrogen-bond donors (Lipinski definition) is 1. The second-order valence-electron chi connectivity index (χ2n) is 4.01. The first kappa shape index (κ1) is 10.9. The van der Waals surface area contributed by atoms with Crippen molar-refractivity contribution >= 4 is 8.07 Å². The van der Waals surface area contributed by atoms with Crippen LogP contribution in [-0.2, 0) is 0 Å². The van der Waals surface area contributed by atoms with Gasteiger partial charge in [-0.25, -0.2) is 0 Å². The van der Waals surface area contributed by atoms with Gasteiger partial charge in [-0.15, -0.1) is 0 Å². The summed E-state index contributed by atoms with van der Waals surface area (Å²) in [5, 5.41) is 8.81. The van der Waals surface area contributed by atoms with Gasteiger partial charge in [-0.05, 0) is 18.9 Å². The summed E-state index contributed by atoms with van der Waals surface area (Å²) in [6, 6.07) is 0. The standard InChI is InChI=1S/C9H20OSi/c1-5-6-9(7-8-10)11(2,3)4/h5-6,9-10H,7-8H2,1-4H3/b6-5+/t9-/m1/s1. The van der Waals surface area contributed by atoms with Crippen LogP contribution in [0.25, 0.3) is 0 Å². The first-order chi connectivity index (χ1) is 5.02. The van der Waals surface area contributed by atoms with Crippen molar-refractivity contribution in [2.45, 2.75) is 38.5 Å². The maximum Gasteiger partial charge on any atom is 0.0514 e. The summed E-state index contributed by atoms with van der Waals surface area (Å²) in [5.41, 5.74) is 0.637. The lowest BCUT2D eigenvalue weighted by Crippen LogP contribution is -2.27. The summed E-state index contributed by atoms with van der Waals surface area (Å²) in [7, 11) is -1.08. The molecular weight excluding hydrogens is 152 g/mol. The van der Waals surface area contributed by atoms with E-state index in [2.05, 4.69) is 31.8 Å². The van der Waals surface area contributed by atoms with Gasteiger partial charge in [0.05, 0.1) is 8.07 Å². The Kier molecular flexibility index (Phi) is 4.69. The van der Waals surface area contributed by atoms with E-state index < -0.39 is 8.07 Å². The molecule has 0 aliphatic heterocycles. The zero-order valence-electron chi connectivity index (χ0n) is 8.09. The third-order valence-corrected chi connectivity index (χ3v) is 4.68. The zero-order chi connectivity index (χ0) is 8.91. The molecule has 0 aliphatic rings. The number of aliphatic hydroxyl groups excluding tert-OH is 1. The Hall–Kier alpha value is -0.0831. The van der Waals surface area contributed by atoms with Gasteiger partial charge in [-0.2, -0.15) is 0 Å². The minimum Gasteiger partial charge on any atom is -0.396 e. The van der Waals surface area contributed by atoms with Gasteiger partial charge in [-0.3, -0.25) is 0 Å². The van der Waals surface area contributed by atoms with E-state index in [1.54, 1.807) is 0 Å². The molecule has 0 aliphatic carbocycles. The van der Waals surface area contributed by atoms with Crippen molar-refractivity contribution in [2.75, 3.05) is 6.61 Å². The topological polar surface area (TPSA) is 20.2 Å². The van der Waals surface area contributed by atoms with Crippen LogP contribution in [0.2, 0.25) is 25.2 Å². The lowest BCUT2D eigenvalue weighted by Gasteiger charge is -2.25. The maximum absolute atomic E-state index is 8.81. The first-order valence-corrected chi connectivity index (χ1v) is 7.83. The Bertz CT molecular complexity index is 124. The van der Waals surface area contributed by atoms with Crippen molar-refractivity contribution in [1.82, 2.24) is 0 Å². The summed E-state index contributed by atoms with van der Waals surface area (Å²) in [6.07, 6.45) is 5.26. The van der Waals surface area contributed by atoms with Crippen LogP contribution < -0.4 is 0 Å². The Morgan fingerprint density at radius 2 is 1.91 bits per heavy atom. The maximum atomic E-state index is 8.81. The lowest BCUT2D eigenvalue weighted by molar-refractivity contribution is 0.288. The monoisotopic (exact) mass is 172 g/mol. The van der Waals surface area contributed by atoms with Gasteiger partial charge < -0.3 is 5.11 Å². The van der Waals surface area contributed by atoms with E-state index in [0.717, 1.165) is 6.42 Å². The number of allylic oxidation sites excluding steroid dienone is 2. The molecule has 0 heterocycles. The molecule has 0 rings (SSSR count). The fourth-order valence-electron chi connectivity index (χ4n) is 1.19. The molecule has 0 aromatic rings. The van der Waals surface area contributed by atoms with E-state index in [0.29, 0.717) is 12.1 Å². The first-order valence-electron chi connectivity index (χ1n) is 4.26. The van der Waals surface area contributed by atoms with Gasteiger partial charge in [0.25, 0.3) is 0 Å². The molecule has 0 saturated carbocycles. The van der Waals surface area contributed by atoms with Gasteiger partial charge in [0.15, 0.2) is 0 Å². The normalized spacial score (nSPS) is 15.7. The average molecular weight is 172 g/mol. The molecule has 0 bridgehead atoms. The van der Waals surface area contributed by atoms with E-state index in [1.165, 1.54) is 0 Å². The second kappa shape index (κ2) is 4.73. The van der Waals surface area contributed by atoms with Crippen LogP contribution >= 0.6 is 0 Å². The highest BCUT2D eigenvalue weighted by Crippen LogP contribution is 2.26. The zero-order valence-corrected chi connectivity index (χ0v) is 9.09. The van der Waals surface area contributed by atoms with Crippen molar-refractivity contribution in [2.24, 2.45) is 0 Å². The van der Waals surface area contributed by atoms with E-state index in [9.17, 15) is 0 Å². The predicted octanol–water partition coefficient (Wildman–Crippen LogP) is 2.65. The molecule has 0 saturated heterocycles. The minimum absolute atomic E-state index is 0.319. The molecule has 0 spiro atoms. The third kappa shape index (κ3) is 4.38. The SMILES string of the molecule is C/C=C/[C@H](CCO)[Si](C)(C)C. The van der Waals surface area contributed by atoms with E-state index in [1.807, 2.05) is 6.92 Å². The molecule has 0 aromatic heterocycles. The molecular formula is C9H20OSi. The minimum atomic E-state index is -1.08. The summed E-state index contributed by atoms with van der Waals surface area (Å²) < 4.78 is 0. The van der Waals surface area contributed by atoms with Crippen LogP contribution in [0.5, 0.6) is 0 Å². The van der Waals surface area contributed by atoms with Gasteiger partial charge in [0.1, 0.15) is 0 Å². The van der Waals surface area contributed by atoms with E-state index >= 15 is 0 Å². The van der Waals surface area contributed by atoms with E-state index in [4.69, 9.17) is 5.11 Å². The molecule has 0 amide bonds. The fraction of sp³-hybridized carbons (Fsp3) is 0.778. The smallest absolute Gasteiger partial charge is 0.0514 e. The lowest BCUT2D eigenvalue weighted by atomic mass is 10.3. The molecule has 2 heteroatoms. The van der Waals surface area contributed by atoms with Crippen molar-refractivity contribution in [3.63, 3.8) is 0 Å². The number of aliphatic hydroxyl groups is 1. The van der Waals surface area contributed by atoms with Crippen LogP contribution in [0.4, 0.5) is 0 Å². The van der Waals surface area contributed by atoms with Crippen molar-refractivity contribution in [3.8, 4) is 0 Å². The Balaban J connectivity index is 4.10. The molecule has 1 nitrogen and oxygen atoms in total. The van der Waals surface area contributed by atoms with Crippen LogP contribution in [0.15, 0.2) is 12.2 Å². The summed E-state index contributed by atoms with van der Waals surface area (Å²) >= 11 is 0. The second-order valence-corrected chi connectivity index (χ2v) is 9.48. The third-order valence-electron chi connectivity index (χ3n) is 1.98. The highest BCUT2D eigenvalue weighted by atomic mass is 28.3. The van der Waals surface area contributed by atoms with Gasteiger partial charge in [0.2, 0.25) is 0 Å². The largest absolute Gasteiger partial charge is 0.396 e. The molecule has 1 N–H and O–H groups in total. The summed E-state index contributed by atoms with van der Waals surface area (Å²) in [5.74, 6) is 0. The van der Waals surface area contributed by atoms with Crippen molar-refractivity contribution < 1.29 is 5.11 Å². The Morgan fingerprint density at radius 1 is 1.36 bits per heavy atom. The van der Waals surface area contributed by atoms with Crippen LogP contribution in [0, 0.1) is 0 Å². The average Bonchev–Trinajstić information content (AvgIpc) is 1.85. The fourth-order valence-corrected chi connectivity index (χ4v) is 2.95. The Morgan fingerprint density at radius 3 is 2.18 bits per heavy atom. The van der Waals surface area contributed by atoms with Crippen LogP contribution in [0.3, 0.4) is 0 Å². The molecule has 0 fully saturated rings. The van der Waals surface area contributed by atoms with Crippen LogP contribution in [-0.4, -0.2) is 19.8 Å². The summed E-state index contributed by atoms with van der Waals surface area (Å²) in [4.78, 5) is 0. The quantitative estimate of drug-likeness (QED) is 0.510. The number of rotatable bonds is 4. The highest BCUT2D eigenvalue weighted by molar-refractivity contribution is 6.78. The predicted molar refractivity (Wildman–Crippen MR) is 53.6 cm³/mol. The Labute approximate surface area is 71.1 Å². The van der Waals surface area contributed by atoms with Crippen molar-refractivity contribution in [1.29, 1.82) is 0 Å². The molecule has 0 radical (unpaired) electrons. The molecule has 11 heavy (non-hydrogen) atoms. The highest BCUT2D eigenvalue weighted by Gasteiger charge is 2.23. The van der Waals surface area contributed by atoms with E-state index in [-0.39, 0.29) is 0 Å². The van der Waals surface area contributed by atoms with Crippen LogP contribution in [0.1, 0.15) is 13.3 Å². The number of hydrogen-bond acceptors (Lipinski definition) is 1. The molecule has 66 valence electrons. The van der Waals surface area contributed by atoms with Gasteiger partial charge in [0, 0.05) is 6.61 Å². The van der Waals surface area contributed by atoms with Crippen molar-refractivity contribution in [3.05, 3.63) is 12.2 Å².